The van der Waals surface area contributed by atoms with Gasteiger partial charge in [-0.15, -0.1) is 0 Å². The van der Waals surface area contributed by atoms with Gasteiger partial charge in [0.25, 0.3) is 0 Å². The average Bonchev–Trinajstić information content (AvgIpc) is 3.31. The molecule has 0 aliphatic rings. The molecule has 0 saturated heterocycles. The van der Waals surface area contributed by atoms with Gasteiger partial charge in [-0.25, -0.2) is 0 Å². The molecule has 0 heterocycles. The van der Waals surface area contributed by atoms with Crippen molar-refractivity contribution in [3.63, 3.8) is 0 Å². The van der Waals surface area contributed by atoms with Crippen molar-refractivity contribution in [3.05, 3.63) is 36.5 Å². The van der Waals surface area contributed by atoms with Crippen molar-refractivity contribution in [2.45, 2.75) is 315 Å². The lowest BCUT2D eigenvalue weighted by molar-refractivity contribution is -0.143. The van der Waals surface area contributed by atoms with Crippen LogP contribution in [0.25, 0.3) is 0 Å². The molecule has 382 valence electrons. The molecule has 0 saturated carbocycles. The highest BCUT2D eigenvalue weighted by Crippen LogP contribution is 2.17. The number of ether oxygens (including phenoxy) is 1. The molecule has 3 N–H and O–H groups in total. The molecule has 0 aromatic heterocycles. The Kier molecular flexibility index (Phi) is 53.1. The van der Waals surface area contributed by atoms with Gasteiger partial charge in [-0.3, -0.25) is 9.59 Å². The maximum atomic E-state index is 12.5. The Morgan fingerprint density at radius 2 is 0.769 bits per heavy atom. The fourth-order valence-corrected chi connectivity index (χ4v) is 8.74. The van der Waals surface area contributed by atoms with Gasteiger partial charge < -0.3 is 20.3 Å². The summed E-state index contributed by atoms with van der Waals surface area (Å²) in [5.41, 5.74) is 0. The Bertz CT molecular complexity index is 1060. The minimum atomic E-state index is -0.680. The van der Waals surface area contributed by atoms with Crippen LogP contribution in [0.4, 0.5) is 0 Å². The van der Waals surface area contributed by atoms with Gasteiger partial charge in [0.05, 0.1) is 25.4 Å². The molecule has 0 rings (SSSR count). The van der Waals surface area contributed by atoms with E-state index in [2.05, 4.69) is 55.6 Å². The van der Waals surface area contributed by atoms with Crippen molar-refractivity contribution in [2.24, 2.45) is 0 Å². The van der Waals surface area contributed by atoms with Gasteiger partial charge >= 0.3 is 5.97 Å². The van der Waals surface area contributed by atoms with Crippen molar-refractivity contribution in [1.82, 2.24) is 5.32 Å². The summed E-state index contributed by atoms with van der Waals surface area (Å²) in [6.45, 7) is 4.89. The molecular formula is C59H111NO5. The zero-order valence-corrected chi connectivity index (χ0v) is 43.5. The van der Waals surface area contributed by atoms with Crippen molar-refractivity contribution >= 4 is 11.9 Å². The third-order valence-corrected chi connectivity index (χ3v) is 13.2. The van der Waals surface area contributed by atoms with Crippen LogP contribution < -0.4 is 5.32 Å². The summed E-state index contributed by atoms with van der Waals surface area (Å²) >= 11 is 0. The van der Waals surface area contributed by atoms with Crippen LogP contribution in [0.2, 0.25) is 0 Å². The van der Waals surface area contributed by atoms with Crippen LogP contribution in [0.15, 0.2) is 36.5 Å². The Morgan fingerprint density at radius 1 is 0.431 bits per heavy atom. The lowest BCUT2D eigenvalue weighted by atomic mass is 10.0. The number of nitrogens with one attached hydrogen (secondary N) is 1. The summed E-state index contributed by atoms with van der Waals surface area (Å²) in [5.74, 6) is -0.0862. The molecule has 0 aromatic carbocycles. The molecule has 1 amide bonds. The van der Waals surface area contributed by atoms with E-state index in [4.69, 9.17) is 4.74 Å². The monoisotopic (exact) mass is 914 g/mol. The van der Waals surface area contributed by atoms with Crippen LogP contribution in [-0.4, -0.2) is 47.4 Å². The molecule has 0 spiro atoms. The lowest BCUT2D eigenvalue weighted by Crippen LogP contribution is -2.45. The first-order chi connectivity index (χ1) is 32.0. The van der Waals surface area contributed by atoms with Crippen LogP contribution in [0.3, 0.4) is 0 Å². The molecule has 0 aliphatic carbocycles. The molecule has 2 atom stereocenters. The Balaban J connectivity index is 3.52. The van der Waals surface area contributed by atoms with Gasteiger partial charge in [-0.1, -0.05) is 243 Å². The SMILES string of the molecule is CCCCCCC/C=C\CCCCCCCC(=O)OCCCCC/C=C\C=C/CCCCCCCCC(=O)NC(CO)C(O)CCCCCCCCCCCCCCCCCCCCC. The summed E-state index contributed by atoms with van der Waals surface area (Å²) in [5, 5.41) is 23.3. The number of hydrogen-bond acceptors (Lipinski definition) is 5. The van der Waals surface area contributed by atoms with Gasteiger partial charge in [-0.05, 0) is 83.5 Å². The van der Waals surface area contributed by atoms with E-state index in [1.807, 2.05) is 0 Å². The number of allylic oxidation sites excluding steroid dienone is 6. The van der Waals surface area contributed by atoms with E-state index in [-0.39, 0.29) is 18.5 Å². The van der Waals surface area contributed by atoms with Crippen molar-refractivity contribution in [3.8, 4) is 0 Å². The van der Waals surface area contributed by atoms with Crippen LogP contribution in [0.1, 0.15) is 303 Å². The molecule has 0 aromatic rings. The third kappa shape index (κ3) is 51.3. The van der Waals surface area contributed by atoms with E-state index in [9.17, 15) is 19.8 Å². The topological polar surface area (TPSA) is 95.9 Å². The number of amides is 1. The lowest BCUT2D eigenvalue weighted by Gasteiger charge is -2.22. The Morgan fingerprint density at radius 3 is 1.18 bits per heavy atom. The predicted octanol–water partition coefficient (Wildman–Crippen LogP) is 17.6. The number of unbranched alkanes of at least 4 members (excludes halogenated alkanes) is 37. The number of rotatable bonds is 53. The minimum Gasteiger partial charge on any atom is -0.466 e. The minimum absolute atomic E-state index is 0.0301. The summed E-state index contributed by atoms with van der Waals surface area (Å²) in [4.78, 5) is 24.5. The van der Waals surface area contributed by atoms with Crippen LogP contribution in [-0.2, 0) is 14.3 Å². The van der Waals surface area contributed by atoms with E-state index in [1.54, 1.807) is 0 Å². The zero-order valence-electron chi connectivity index (χ0n) is 43.5. The molecule has 0 bridgehead atoms. The fourth-order valence-electron chi connectivity index (χ4n) is 8.74. The van der Waals surface area contributed by atoms with Crippen LogP contribution in [0.5, 0.6) is 0 Å². The molecule has 65 heavy (non-hydrogen) atoms. The second-order valence-corrected chi connectivity index (χ2v) is 19.6. The first kappa shape index (κ1) is 63.1. The van der Waals surface area contributed by atoms with E-state index in [1.165, 1.54) is 193 Å². The second-order valence-electron chi connectivity index (χ2n) is 19.6. The van der Waals surface area contributed by atoms with Crippen LogP contribution >= 0.6 is 0 Å². The fraction of sp³-hybridized carbons (Fsp3) is 0.864. The van der Waals surface area contributed by atoms with Crippen LogP contribution in [0, 0.1) is 0 Å². The largest absolute Gasteiger partial charge is 0.466 e. The molecule has 0 aliphatic heterocycles. The summed E-state index contributed by atoms with van der Waals surface area (Å²) in [7, 11) is 0. The highest BCUT2D eigenvalue weighted by atomic mass is 16.5. The van der Waals surface area contributed by atoms with E-state index >= 15 is 0 Å². The molecule has 6 nitrogen and oxygen atoms in total. The van der Waals surface area contributed by atoms with E-state index in [0.29, 0.717) is 25.9 Å². The van der Waals surface area contributed by atoms with E-state index < -0.39 is 12.1 Å². The van der Waals surface area contributed by atoms with Gasteiger partial charge in [0.1, 0.15) is 0 Å². The quantitative estimate of drug-likeness (QED) is 0.0244. The number of esters is 1. The summed E-state index contributed by atoms with van der Waals surface area (Å²) in [6.07, 6.45) is 67.0. The highest BCUT2D eigenvalue weighted by Gasteiger charge is 2.20. The Hall–Kier alpha value is -1.92. The number of aliphatic hydroxyl groups is 2. The van der Waals surface area contributed by atoms with E-state index in [0.717, 1.165) is 77.0 Å². The molecule has 6 heteroatoms. The summed E-state index contributed by atoms with van der Waals surface area (Å²) in [6, 6.07) is -0.559. The normalized spacial score (nSPS) is 12.9. The van der Waals surface area contributed by atoms with Gasteiger partial charge in [0.15, 0.2) is 0 Å². The first-order valence-electron chi connectivity index (χ1n) is 28.8. The maximum absolute atomic E-state index is 12.5. The molecule has 0 radical (unpaired) electrons. The smallest absolute Gasteiger partial charge is 0.305 e. The summed E-state index contributed by atoms with van der Waals surface area (Å²) < 4.78 is 5.44. The highest BCUT2D eigenvalue weighted by molar-refractivity contribution is 5.76. The first-order valence-corrected chi connectivity index (χ1v) is 28.8. The van der Waals surface area contributed by atoms with Crippen molar-refractivity contribution in [1.29, 1.82) is 0 Å². The molecule has 2 unspecified atom stereocenters. The standard InChI is InChI=1S/C59H111NO5/c1-3-5-7-9-11-13-15-17-19-20-21-22-24-27-31-35-39-43-47-51-57(62)56(55-61)60-58(63)52-48-44-40-36-32-28-25-23-26-30-34-38-42-46-50-54-65-59(64)53-49-45-41-37-33-29-18-16-14-12-10-8-6-4-2/h16,18,23,26,30,34,56-57,61-62H,3-15,17,19-22,24-25,27-29,31-33,35-55H2,1-2H3,(H,60,63)/b18-16-,26-23-,34-30-. The predicted molar refractivity (Wildman–Crippen MR) is 283 cm³/mol. The maximum Gasteiger partial charge on any atom is 0.305 e. The number of carbonyl (C=O) groups excluding carboxylic acids is 2. The zero-order chi connectivity index (χ0) is 47.2. The molecular weight excluding hydrogens is 803 g/mol. The number of aliphatic hydroxyl groups excluding tert-OH is 2. The Labute approximate surface area is 404 Å². The third-order valence-electron chi connectivity index (χ3n) is 13.2. The van der Waals surface area contributed by atoms with Gasteiger partial charge in [0.2, 0.25) is 5.91 Å². The molecule has 0 fully saturated rings. The van der Waals surface area contributed by atoms with Gasteiger partial charge in [0, 0.05) is 12.8 Å². The average molecular weight is 915 g/mol. The van der Waals surface area contributed by atoms with Crippen molar-refractivity contribution in [2.75, 3.05) is 13.2 Å². The number of hydrogen-bond donors (Lipinski definition) is 3. The van der Waals surface area contributed by atoms with Crippen molar-refractivity contribution < 1.29 is 24.5 Å². The van der Waals surface area contributed by atoms with Gasteiger partial charge in [-0.2, -0.15) is 0 Å². The second kappa shape index (κ2) is 54.7. The number of carbonyl (C=O) groups is 2.